The highest BCUT2D eigenvalue weighted by Gasteiger charge is 2.21. The zero-order chi connectivity index (χ0) is 21.7. The molecule has 0 saturated carbocycles. The third-order valence-corrected chi connectivity index (χ3v) is 3.88. The van der Waals surface area contributed by atoms with E-state index in [0.717, 1.165) is 18.2 Å². The van der Waals surface area contributed by atoms with E-state index in [2.05, 4.69) is 10.4 Å². The van der Waals surface area contributed by atoms with Crippen LogP contribution < -0.4 is 10.1 Å². The topological polar surface area (TPSA) is 126 Å². The number of carbonyl (C=O) groups is 2. The molecule has 3 aromatic rings. The van der Waals surface area contributed by atoms with Crippen molar-refractivity contribution in [3.63, 3.8) is 0 Å². The highest BCUT2D eigenvalue weighted by molar-refractivity contribution is 5.96. The van der Waals surface area contributed by atoms with Crippen molar-refractivity contribution in [2.45, 2.75) is 0 Å². The number of benzene rings is 2. The van der Waals surface area contributed by atoms with Crippen LogP contribution in [0.15, 0.2) is 54.7 Å². The van der Waals surface area contributed by atoms with Crippen molar-refractivity contribution in [3.05, 3.63) is 76.4 Å². The molecule has 0 unspecified atom stereocenters. The van der Waals surface area contributed by atoms with Crippen LogP contribution in [-0.2, 0) is 9.53 Å². The third-order valence-electron chi connectivity index (χ3n) is 3.88. The summed E-state index contributed by atoms with van der Waals surface area (Å²) in [6.07, 6.45) is 1.49. The molecule has 0 bridgehead atoms. The Morgan fingerprint density at radius 2 is 1.97 bits per heavy atom. The number of amides is 1. The Bertz CT molecular complexity index is 1100. The van der Waals surface area contributed by atoms with Gasteiger partial charge >= 0.3 is 11.7 Å². The summed E-state index contributed by atoms with van der Waals surface area (Å²) in [4.78, 5) is 34.1. The quantitative estimate of drug-likeness (QED) is 0.358. The van der Waals surface area contributed by atoms with Crippen molar-refractivity contribution in [2.75, 3.05) is 19.0 Å². The predicted octanol–water partition coefficient (Wildman–Crippen LogP) is 2.72. The molecule has 0 spiro atoms. The summed E-state index contributed by atoms with van der Waals surface area (Å²) < 4.78 is 24.8. The smallest absolute Gasteiger partial charge is 0.363 e. The fourth-order valence-electron chi connectivity index (χ4n) is 2.49. The molecule has 1 N–H and O–H groups in total. The highest BCUT2D eigenvalue weighted by atomic mass is 19.1. The minimum Gasteiger partial charge on any atom is -0.493 e. The average Bonchev–Trinajstić information content (AvgIpc) is 3.18. The van der Waals surface area contributed by atoms with Gasteiger partial charge in [0.05, 0.1) is 23.9 Å². The van der Waals surface area contributed by atoms with E-state index < -0.39 is 34.9 Å². The number of nitrogens with one attached hydrogen (secondary N) is 1. The number of methoxy groups -OCH3 is 1. The van der Waals surface area contributed by atoms with Gasteiger partial charge in [-0.2, -0.15) is 9.49 Å². The number of anilines is 1. The molecule has 2 aromatic carbocycles. The van der Waals surface area contributed by atoms with Gasteiger partial charge in [-0.15, -0.1) is 0 Å². The van der Waals surface area contributed by atoms with Crippen LogP contribution in [0.1, 0.15) is 10.5 Å². The summed E-state index contributed by atoms with van der Waals surface area (Å²) in [7, 11) is 1.36. The van der Waals surface area contributed by atoms with Crippen LogP contribution in [0.4, 0.5) is 15.8 Å². The second-order valence-corrected chi connectivity index (χ2v) is 5.87. The molecule has 10 nitrogen and oxygen atoms in total. The molecule has 0 aliphatic rings. The number of halogens is 1. The van der Waals surface area contributed by atoms with E-state index in [4.69, 9.17) is 9.47 Å². The molecule has 0 fully saturated rings. The molecule has 0 radical (unpaired) electrons. The predicted molar refractivity (Wildman–Crippen MR) is 102 cm³/mol. The second-order valence-electron chi connectivity index (χ2n) is 5.87. The summed E-state index contributed by atoms with van der Waals surface area (Å²) in [5.74, 6) is -2.56. The van der Waals surface area contributed by atoms with Crippen molar-refractivity contribution in [3.8, 4) is 11.4 Å². The van der Waals surface area contributed by atoms with Crippen LogP contribution in [0, 0.1) is 15.9 Å². The summed E-state index contributed by atoms with van der Waals surface area (Å²) in [5, 5.41) is 17.2. The van der Waals surface area contributed by atoms with Crippen molar-refractivity contribution in [1.82, 2.24) is 9.78 Å². The molecule has 30 heavy (non-hydrogen) atoms. The van der Waals surface area contributed by atoms with E-state index in [1.807, 2.05) is 6.07 Å². The summed E-state index contributed by atoms with van der Waals surface area (Å²) in [6, 6.07) is 11.8. The largest absolute Gasteiger partial charge is 0.493 e. The number of nitrogens with zero attached hydrogens (tertiary/aromatic N) is 3. The Hall–Kier alpha value is -4.28. The SMILES string of the molecule is COc1cn(-c2ccccc2)nc1C(=O)OCC(=O)Nc1ccc(F)c([N+](=O)[O-])c1. The van der Waals surface area contributed by atoms with Crippen LogP contribution in [-0.4, -0.2) is 40.3 Å². The number of para-hydroxylation sites is 1. The van der Waals surface area contributed by atoms with Gasteiger partial charge in [0.25, 0.3) is 5.91 Å². The number of hydrogen-bond donors (Lipinski definition) is 1. The number of nitro groups is 1. The monoisotopic (exact) mass is 414 g/mol. The Balaban J connectivity index is 1.66. The van der Waals surface area contributed by atoms with Crippen molar-refractivity contribution in [1.29, 1.82) is 0 Å². The Kier molecular flexibility index (Phi) is 6.01. The van der Waals surface area contributed by atoms with Gasteiger partial charge in [0.15, 0.2) is 12.4 Å². The van der Waals surface area contributed by atoms with Crippen LogP contribution in [0.3, 0.4) is 0 Å². The first-order valence-electron chi connectivity index (χ1n) is 8.49. The molecular weight excluding hydrogens is 399 g/mol. The number of esters is 1. The van der Waals surface area contributed by atoms with Gasteiger partial charge < -0.3 is 14.8 Å². The third kappa shape index (κ3) is 4.58. The maximum atomic E-state index is 13.4. The molecule has 1 amide bonds. The van der Waals surface area contributed by atoms with Crippen LogP contribution in [0.2, 0.25) is 0 Å². The zero-order valence-corrected chi connectivity index (χ0v) is 15.6. The standard InChI is InChI=1S/C19H15FN4O6/c1-29-16-10-23(13-5-3-2-4-6-13)22-18(16)19(26)30-11-17(25)21-12-7-8-14(20)15(9-12)24(27)28/h2-10H,11H2,1H3,(H,21,25). The molecule has 0 aliphatic carbocycles. The highest BCUT2D eigenvalue weighted by Crippen LogP contribution is 2.22. The van der Waals surface area contributed by atoms with Crippen LogP contribution >= 0.6 is 0 Å². The first-order valence-corrected chi connectivity index (χ1v) is 8.49. The molecule has 0 aliphatic heterocycles. The lowest BCUT2D eigenvalue weighted by molar-refractivity contribution is -0.387. The van der Waals surface area contributed by atoms with E-state index in [1.54, 1.807) is 24.3 Å². The van der Waals surface area contributed by atoms with Crippen molar-refractivity contribution < 1.29 is 28.4 Å². The average molecular weight is 414 g/mol. The minimum absolute atomic E-state index is 0.0184. The van der Waals surface area contributed by atoms with Crippen LogP contribution in [0.25, 0.3) is 5.69 Å². The van der Waals surface area contributed by atoms with Crippen molar-refractivity contribution in [2.24, 2.45) is 0 Å². The Morgan fingerprint density at radius 1 is 1.23 bits per heavy atom. The molecule has 0 saturated heterocycles. The molecule has 11 heteroatoms. The molecule has 154 valence electrons. The lowest BCUT2D eigenvalue weighted by Crippen LogP contribution is -2.21. The van der Waals surface area contributed by atoms with Gasteiger partial charge in [0, 0.05) is 11.8 Å². The maximum absolute atomic E-state index is 13.4. The fraction of sp³-hybridized carbons (Fsp3) is 0.105. The molecular formula is C19H15FN4O6. The second kappa shape index (κ2) is 8.82. The lowest BCUT2D eigenvalue weighted by atomic mass is 10.2. The summed E-state index contributed by atoms with van der Waals surface area (Å²) in [5.41, 5.74) is -0.256. The van der Waals surface area contributed by atoms with Gasteiger partial charge in [-0.25, -0.2) is 9.48 Å². The maximum Gasteiger partial charge on any atom is 0.363 e. The van der Waals surface area contributed by atoms with Gasteiger partial charge in [-0.05, 0) is 24.3 Å². The number of aromatic nitrogens is 2. The Labute approximate surface area is 169 Å². The van der Waals surface area contributed by atoms with Gasteiger partial charge in [0.1, 0.15) is 0 Å². The lowest BCUT2D eigenvalue weighted by Gasteiger charge is -2.06. The van der Waals surface area contributed by atoms with Gasteiger partial charge in [0.2, 0.25) is 11.5 Å². The summed E-state index contributed by atoms with van der Waals surface area (Å²) >= 11 is 0. The molecule has 3 rings (SSSR count). The number of rotatable bonds is 7. The normalized spacial score (nSPS) is 10.3. The first-order chi connectivity index (χ1) is 14.4. The first kappa shape index (κ1) is 20.5. The van der Waals surface area contributed by atoms with Gasteiger partial charge in [-0.3, -0.25) is 14.9 Å². The number of hydrogen-bond acceptors (Lipinski definition) is 7. The Morgan fingerprint density at radius 3 is 2.63 bits per heavy atom. The van der Waals surface area contributed by atoms with Crippen LogP contribution in [0.5, 0.6) is 5.75 Å². The number of nitro benzene ring substituents is 1. The van der Waals surface area contributed by atoms with Gasteiger partial charge in [-0.1, -0.05) is 18.2 Å². The number of ether oxygens (including phenoxy) is 2. The van der Waals surface area contributed by atoms with Crippen molar-refractivity contribution >= 4 is 23.3 Å². The van der Waals surface area contributed by atoms with E-state index in [9.17, 15) is 24.1 Å². The number of carbonyl (C=O) groups excluding carboxylic acids is 2. The van der Waals surface area contributed by atoms with E-state index in [-0.39, 0.29) is 17.1 Å². The summed E-state index contributed by atoms with van der Waals surface area (Å²) in [6.45, 7) is -0.689. The zero-order valence-electron chi connectivity index (χ0n) is 15.6. The fourth-order valence-corrected chi connectivity index (χ4v) is 2.49. The molecule has 1 aromatic heterocycles. The minimum atomic E-state index is -1.04. The molecule has 1 heterocycles. The van der Waals surface area contributed by atoms with E-state index >= 15 is 0 Å². The van der Waals surface area contributed by atoms with E-state index in [1.165, 1.54) is 18.0 Å². The van der Waals surface area contributed by atoms with E-state index in [0.29, 0.717) is 5.69 Å². The molecule has 0 atom stereocenters.